The highest BCUT2D eigenvalue weighted by Crippen LogP contribution is 2.66. The second-order valence-corrected chi connectivity index (χ2v) is 16.5. The molecule has 0 radical (unpaired) electrons. The molecule has 2 nitrogen and oxygen atoms in total. The van der Waals surface area contributed by atoms with Crippen LogP contribution in [0.25, 0.3) is 17.2 Å². The SMILES string of the molecule is CC1(C)c2cccc3c2N2c4c1cccc4C(C)(C)c1cc(N(c4ccccc4)c4cccc(-c5cccc6c5C=CCC6)c4)cc(c12)C3(C)C. The molecule has 2 heteroatoms. The lowest BCUT2D eigenvalue weighted by atomic mass is 9.61. The lowest BCUT2D eigenvalue weighted by Crippen LogP contribution is -2.43. The van der Waals surface area contributed by atoms with Gasteiger partial charge in [-0.15, -0.1) is 0 Å². The molecular weight excluding hydrogens is 617 g/mol. The van der Waals surface area contributed by atoms with Gasteiger partial charge in [0.15, 0.2) is 0 Å². The van der Waals surface area contributed by atoms with E-state index in [1.165, 1.54) is 78.4 Å². The summed E-state index contributed by atoms with van der Waals surface area (Å²) < 4.78 is 0. The van der Waals surface area contributed by atoms with E-state index >= 15 is 0 Å². The number of allylic oxidation sites excluding steroid dienone is 1. The maximum atomic E-state index is 2.66. The normalized spacial score (nSPS) is 17.4. The number of benzene rings is 6. The molecule has 0 saturated heterocycles. The Morgan fingerprint density at radius 2 is 1.02 bits per heavy atom. The minimum absolute atomic E-state index is 0.1000. The van der Waals surface area contributed by atoms with Crippen LogP contribution in [0.3, 0.4) is 0 Å². The molecule has 0 unspecified atom stereocenters. The van der Waals surface area contributed by atoms with Crippen molar-refractivity contribution in [1.29, 1.82) is 0 Å². The zero-order valence-electron chi connectivity index (χ0n) is 30.5. The van der Waals surface area contributed by atoms with Crippen molar-refractivity contribution in [3.8, 4) is 11.1 Å². The lowest BCUT2D eigenvalue weighted by Gasteiger charge is -2.55. The van der Waals surface area contributed by atoms with Crippen LogP contribution in [-0.4, -0.2) is 0 Å². The van der Waals surface area contributed by atoms with Crippen LogP contribution >= 0.6 is 0 Å². The van der Waals surface area contributed by atoms with Crippen molar-refractivity contribution in [1.82, 2.24) is 0 Å². The third kappa shape index (κ3) is 4.05. The van der Waals surface area contributed by atoms with Crippen molar-refractivity contribution >= 4 is 40.2 Å². The predicted molar refractivity (Wildman–Crippen MR) is 215 cm³/mol. The van der Waals surface area contributed by atoms with E-state index in [4.69, 9.17) is 0 Å². The average Bonchev–Trinajstić information content (AvgIpc) is 3.14. The van der Waals surface area contributed by atoms with Gasteiger partial charge in [0.1, 0.15) is 0 Å². The standard InChI is InChI=1S/C49H44N2/c1-47(2)38-24-14-26-40-44(38)51-45-39(47)25-15-27-41(45)49(5,6)43-30-35(29-42(46(43)51)48(40,3)4)50(33-19-8-7-9-20-33)34-21-12-18-32(28-34)37-23-13-17-31-16-10-11-22-36(31)37/h7-9,11-15,17-30H,10,16H2,1-6H3. The van der Waals surface area contributed by atoms with Crippen LogP contribution in [0.5, 0.6) is 0 Å². The number of nitrogens with zero attached hydrogens (tertiary/aromatic N) is 2. The summed E-state index contributed by atoms with van der Waals surface area (Å²) in [6.07, 6.45) is 6.85. The van der Waals surface area contributed by atoms with Gasteiger partial charge in [-0.3, -0.25) is 0 Å². The second kappa shape index (κ2) is 10.4. The lowest BCUT2D eigenvalue weighted by molar-refractivity contribution is 0.566. The second-order valence-electron chi connectivity index (χ2n) is 16.5. The number of hydrogen-bond acceptors (Lipinski definition) is 2. The Hall–Kier alpha value is -5.34. The molecule has 250 valence electrons. The summed E-state index contributed by atoms with van der Waals surface area (Å²) in [5, 5.41) is 0. The monoisotopic (exact) mass is 660 g/mol. The molecule has 0 spiro atoms. The van der Waals surface area contributed by atoms with Crippen molar-refractivity contribution in [3.63, 3.8) is 0 Å². The Balaban J connectivity index is 1.24. The first-order valence-electron chi connectivity index (χ1n) is 18.6. The van der Waals surface area contributed by atoms with Gasteiger partial charge in [-0.25, -0.2) is 0 Å². The fourth-order valence-electron chi connectivity index (χ4n) is 9.86. The first-order valence-corrected chi connectivity index (χ1v) is 18.6. The molecule has 0 saturated carbocycles. The summed E-state index contributed by atoms with van der Waals surface area (Å²) in [5.41, 5.74) is 20.9. The smallest absolute Gasteiger partial charge is 0.0545 e. The van der Waals surface area contributed by atoms with Gasteiger partial charge < -0.3 is 9.80 Å². The van der Waals surface area contributed by atoms with E-state index in [-0.39, 0.29) is 16.2 Å². The fourth-order valence-corrected chi connectivity index (χ4v) is 9.86. The highest BCUT2D eigenvalue weighted by Gasteiger charge is 2.51. The number of rotatable bonds is 4. The van der Waals surface area contributed by atoms with E-state index < -0.39 is 0 Å². The zero-order valence-corrected chi connectivity index (χ0v) is 30.5. The van der Waals surface area contributed by atoms with Gasteiger partial charge in [-0.2, -0.15) is 0 Å². The number of hydrogen-bond donors (Lipinski definition) is 0. The molecule has 4 aliphatic rings. The molecule has 10 rings (SSSR count). The molecule has 0 fully saturated rings. The summed E-state index contributed by atoms with van der Waals surface area (Å²) in [6, 6.07) is 46.0. The van der Waals surface area contributed by atoms with Crippen LogP contribution in [0, 0.1) is 0 Å². The highest BCUT2D eigenvalue weighted by atomic mass is 15.2. The van der Waals surface area contributed by atoms with Crippen LogP contribution in [-0.2, 0) is 22.7 Å². The van der Waals surface area contributed by atoms with Crippen LogP contribution in [0.1, 0.15) is 92.5 Å². The quantitative estimate of drug-likeness (QED) is 0.186. The van der Waals surface area contributed by atoms with Gasteiger partial charge in [0.2, 0.25) is 0 Å². The van der Waals surface area contributed by atoms with Gasteiger partial charge >= 0.3 is 0 Å². The molecule has 0 amide bonds. The maximum absolute atomic E-state index is 2.66. The van der Waals surface area contributed by atoms with E-state index in [1.807, 2.05) is 0 Å². The number of fused-ring (bicyclic) bond motifs is 1. The van der Waals surface area contributed by atoms with Gasteiger partial charge in [0.25, 0.3) is 0 Å². The highest BCUT2D eigenvalue weighted by molar-refractivity contribution is 5.99. The molecule has 51 heavy (non-hydrogen) atoms. The third-order valence-electron chi connectivity index (χ3n) is 12.6. The number of anilines is 6. The van der Waals surface area contributed by atoms with Crippen LogP contribution < -0.4 is 9.80 Å². The molecule has 0 atom stereocenters. The number of aryl methyl sites for hydroxylation is 1. The predicted octanol–water partition coefficient (Wildman–Crippen LogP) is 13.2. The van der Waals surface area contributed by atoms with E-state index in [0.717, 1.165) is 24.2 Å². The summed E-state index contributed by atoms with van der Waals surface area (Å²) >= 11 is 0. The van der Waals surface area contributed by atoms with Crippen molar-refractivity contribution in [3.05, 3.63) is 172 Å². The summed E-state index contributed by atoms with van der Waals surface area (Å²) in [7, 11) is 0. The van der Waals surface area contributed by atoms with Crippen LogP contribution in [0.15, 0.2) is 127 Å². The van der Waals surface area contributed by atoms with Gasteiger partial charge in [-0.1, -0.05) is 139 Å². The maximum Gasteiger partial charge on any atom is 0.0545 e. The van der Waals surface area contributed by atoms with Crippen molar-refractivity contribution in [2.45, 2.75) is 70.6 Å². The minimum atomic E-state index is -0.211. The molecule has 3 heterocycles. The van der Waals surface area contributed by atoms with Crippen molar-refractivity contribution in [2.75, 3.05) is 9.80 Å². The molecule has 0 N–H and O–H groups in total. The van der Waals surface area contributed by atoms with Gasteiger partial charge in [-0.05, 0) is 105 Å². The molecule has 6 aromatic rings. The Bertz CT molecular complexity index is 2370. The van der Waals surface area contributed by atoms with Gasteiger partial charge in [0.05, 0.1) is 17.1 Å². The summed E-state index contributed by atoms with van der Waals surface area (Å²) in [5.74, 6) is 0. The van der Waals surface area contributed by atoms with E-state index in [2.05, 4.69) is 185 Å². The van der Waals surface area contributed by atoms with E-state index in [0.29, 0.717) is 0 Å². The minimum Gasteiger partial charge on any atom is -0.310 e. The Morgan fingerprint density at radius 3 is 1.65 bits per heavy atom. The molecule has 3 aliphatic heterocycles. The molecule has 1 aliphatic carbocycles. The number of para-hydroxylation sites is 3. The first-order chi connectivity index (χ1) is 24.6. The largest absolute Gasteiger partial charge is 0.310 e. The van der Waals surface area contributed by atoms with E-state index in [9.17, 15) is 0 Å². The van der Waals surface area contributed by atoms with E-state index in [1.54, 1.807) is 0 Å². The third-order valence-corrected chi connectivity index (χ3v) is 12.6. The molecule has 6 aromatic carbocycles. The molecule has 0 aromatic heterocycles. The zero-order chi connectivity index (χ0) is 34.9. The van der Waals surface area contributed by atoms with Crippen LogP contribution in [0.2, 0.25) is 0 Å². The Labute approximate surface area is 302 Å². The van der Waals surface area contributed by atoms with Crippen molar-refractivity contribution < 1.29 is 0 Å². The summed E-state index contributed by atoms with van der Waals surface area (Å²) in [4.78, 5) is 5.14. The van der Waals surface area contributed by atoms with Crippen LogP contribution in [0.4, 0.5) is 34.1 Å². The Kier molecular flexibility index (Phi) is 6.19. The molecular formula is C49H44N2. The average molecular weight is 661 g/mol. The topological polar surface area (TPSA) is 6.48 Å². The fraction of sp³-hybridized carbons (Fsp3) is 0.224. The molecule has 0 bridgehead atoms. The first kappa shape index (κ1) is 30.5. The van der Waals surface area contributed by atoms with Crippen molar-refractivity contribution in [2.24, 2.45) is 0 Å². The Morgan fingerprint density at radius 1 is 0.490 bits per heavy atom. The summed E-state index contributed by atoms with van der Waals surface area (Å²) in [6.45, 7) is 14.6. The van der Waals surface area contributed by atoms with Gasteiger partial charge in [0, 0.05) is 33.3 Å².